The number of hydrogen-bond donors (Lipinski definition) is 2. The summed E-state index contributed by atoms with van der Waals surface area (Å²) in [7, 11) is 1.61. The molecule has 0 aliphatic heterocycles. The van der Waals surface area contributed by atoms with Crippen molar-refractivity contribution in [3.63, 3.8) is 0 Å². The predicted octanol–water partition coefficient (Wildman–Crippen LogP) is 2.21. The average Bonchev–Trinajstić information content (AvgIpc) is 2.28. The molecular weight excluding hydrogens is 252 g/mol. The summed E-state index contributed by atoms with van der Waals surface area (Å²) in [5.41, 5.74) is 1.93. The molecule has 0 bridgehead atoms. The fourth-order valence-corrected chi connectivity index (χ4v) is 1.85. The van der Waals surface area contributed by atoms with Crippen LogP contribution in [0, 0.1) is 6.92 Å². The van der Waals surface area contributed by atoms with Crippen LogP contribution in [-0.4, -0.2) is 32.2 Å². The summed E-state index contributed by atoms with van der Waals surface area (Å²) in [5.74, 6) is -0.0612. The molecule has 0 heterocycles. The van der Waals surface area contributed by atoms with Crippen LogP contribution < -0.4 is 10.6 Å². The van der Waals surface area contributed by atoms with Crippen LogP contribution in [0.5, 0.6) is 0 Å². The molecule has 1 aromatic carbocycles. The summed E-state index contributed by atoms with van der Waals surface area (Å²) in [5, 5.41) is 6.60. The topological polar surface area (TPSA) is 50.4 Å². The van der Waals surface area contributed by atoms with Crippen LogP contribution >= 0.6 is 11.6 Å². The molecule has 18 heavy (non-hydrogen) atoms. The zero-order valence-corrected chi connectivity index (χ0v) is 11.7. The average molecular weight is 271 g/mol. The van der Waals surface area contributed by atoms with E-state index in [1.54, 1.807) is 13.2 Å². The van der Waals surface area contributed by atoms with Crippen LogP contribution in [0.4, 0.5) is 5.69 Å². The molecule has 0 radical (unpaired) electrons. The Morgan fingerprint density at radius 1 is 1.50 bits per heavy atom. The minimum Gasteiger partial charge on any atom is -0.383 e. The van der Waals surface area contributed by atoms with Gasteiger partial charge in [-0.05, 0) is 37.6 Å². The number of nitrogens with one attached hydrogen (secondary N) is 2. The van der Waals surface area contributed by atoms with Crippen LogP contribution in [0.2, 0.25) is 5.02 Å². The number of hydrogen-bond acceptors (Lipinski definition) is 3. The van der Waals surface area contributed by atoms with Gasteiger partial charge in [-0.2, -0.15) is 0 Å². The van der Waals surface area contributed by atoms with Gasteiger partial charge in [-0.15, -0.1) is 0 Å². The molecule has 1 aromatic rings. The monoisotopic (exact) mass is 270 g/mol. The van der Waals surface area contributed by atoms with E-state index >= 15 is 0 Å². The van der Waals surface area contributed by atoms with Gasteiger partial charge in [0, 0.05) is 23.9 Å². The molecule has 0 aliphatic rings. The van der Waals surface area contributed by atoms with Crippen LogP contribution in [0.3, 0.4) is 0 Å². The van der Waals surface area contributed by atoms with Crippen LogP contribution in [-0.2, 0) is 9.53 Å². The highest BCUT2D eigenvalue weighted by atomic mass is 35.5. The van der Waals surface area contributed by atoms with Gasteiger partial charge in [-0.25, -0.2) is 0 Å². The summed E-state index contributed by atoms with van der Waals surface area (Å²) in [6, 6.07) is 5.52. The van der Waals surface area contributed by atoms with Crippen molar-refractivity contribution in [2.24, 2.45) is 0 Å². The van der Waals surface area contributed by atoms with E-state index in [2.05, 4.69) is 10.6 Å². The van der Waals surface area contributed by atoms with E-state index in [0.29, 0.717) is 11.6 Å². The van der Waals surface area contributed by atoms with Crippen molar-refractivity contribution >= 4 is 23.2 Å². The molecule has 4 nitrogen and oxygen atoms in total. The van der Waals surface area contributed by atoms with Crippen molar-refractivity contribution < 1.29 is 9.53 Å². The standard InChI is InChI=1S/C13H19ClN2O2/c1-9-6-11(14)4-5-12(9)15-7-13(17)16-10(2)8-18-3/h4-6,10,15H,7-8H2,1-3H3,(H,16,17)/t10-/m0/s1. The van der Waals surface area contributed by atoms with Gasteiger partial charge < -0.3 is 15.4 Å². The molecule has 1 atom stereocenters. The quantitative estimate of drug-likeness (QED) is 0.833. The SMILES string of the molecule is COC[C@H](C)NC(=O)CNc1ccc(Cl)cc1C. The first-order valence-corrected chi connectivity index (χ1v) is 6.19. The van der Waals surface area contributed by atoms with Crippen molar-refractivity contribution in [2.45, 2.75) is 19.9 Å². The third-order valence-corrected chi connectivity index (χ3v) is 2.69. The van der Waals surface area contributed by atoms with Crippen molar-refractivity contribution in [3.05, 3.63) is 28.8 Å². The number of rotatable bonds is 6. The molecule has 2 N–H and O–H groups in total. The number of halogens is 1. The Labute approximate surface area is 113 Å². The highest BCUT2D eigenvalue weighted by Crippen LogP contribution is 2.19. The highest BCUT2D eigenvalue weighted by molar-refractivity contribution is 6.30. The van der Waals surface area contributed by atoms with Gasteiger partial charge in [0.15, 0.2) is 0 Å². The maximum Gasteiger partial charge on any atom is 0.239 e. The fourth-order valence-electron chi connectivity index (χ4n) is 1.62. The Kier molecular flexibility index (Phi) is 5.95. The summed E-state index contributed by atoms with van der Waals surface area (Å²) < 4.78 is 4.95. The van der Waals surface area contributed by atoms with Gasteiger partial charge in [0.2, 0.25) is 5.91 Å². The number of aryl methyl sites for hydroxylation is 1. The minimum atomic E-state index is -0.0612. The van der Waals surface area contributed by atoms with E-state index in [0.717, 1.165) is 11.3 Å². The normalized spacial score (nSPS) is 12.0. The Hall–Kier alpha value is -1.26. The molecule has 0 aliphatic carbocycles. The second-order valence-electron chi connectivity index (χ2n) is 4.24. The lowest BCUT2D eigenvalue weighted by atomic mass is 10.2. The number of carbonyl (C=O) groups excluding carboxylic acids is 1. The molecule has 0 saturated carbocycles. The van der Waals surface area contributed by atoms with Crippen molar-refractivity contribution in [1.82, 2.24) is 5.32 Å². The van der Waals surface area contributed by atoms with E-state index in [1.807, 2.05) is 26.0 Å². The van der Waals surface area contributed by atoms with Crippen LogP contribution in [0.25, 0.3) is 0 Å². The molecule has 100 valence electrons. The Morgan fingerprint density at radius 2 is 2.22 bits per heavy atom. The molecule has 1 amide bonds. The first-order valence-electron chi connectivity index (χ1n) is 5.81. The molecular formula is C13H19ClN2O2. The summed E-state index contributed by atoms with van der Waals surface area (Å²) >= 11 is 5.86. The van der Waals surface area contributed by atoms with Crippen molar-refractivity contribution in [3.8, 4) is 0 Å². The zero-order valence-electron chi connectivity index (χ0n) is 10.9. The van der Waals surface area contributed by atoms with Crippen molar-refractivity contribution in [2.75, 3.05) is 25.6 Å². The first-order chi connectivity index (χ1) is 8.52. The third-order valence-electron chi connectivity index (χ3n) is 2.45. The summed E-state index contributed by atoms with van der Waals surface area (Å²) in [4.78, 5) is 11.6. The third kappa shape index (κ3) is 4.94. The maximum atomic E-state index is 11.6. The molecule has 0 aromatic heterocycles. The van der Waals surface area contributed by atoms with Crippen molar-refractivity contribution in [1.29, 1.82) is 0 Å². The number of carbonyl (C=O) groups is 1. The Balaban J connectivity index is 2.42. The molecule has 0 fully saturated rings. The van der Waals surface area contributed by atoms with E-state index in [1.165, 1.54) is 0 Å². The first kappa shape index (κ1) is 14.8. The van der Waals surface area contributed by atoms with E-state index in [9.17, 15) is 4.79 Å². The fraction of sp³-hybridized carbons (Fsp3) is 0.462. The van der Waals surface area contributed by atoms with Gasteiger partial charge in [-0.1, -0.05) is 11.6 Å². The van der Waals surface area contributed by atoms with E-state index < -0.39 is 0 Å². The zero-order chi connectivity index (χ0) is 13.5. The molecule has 1 rings (SSSR count). The number of anilines is 1. The minimum absolute atomic E-state index is 0.00983. The van der Waals surface area contributed by atoms with Gasteiger partial charge in [0.25, 0.3) is 0 Å². The lowest BCUT2D eigenvalue weighted by Crippen LogP contribution is -2.39. The predicted molar refractivity (Wildman–Crippen MR) is 74.2 cm³/mol. The number of methoxy groups -OCH3 is 1. The van der Waals surface area contributed by atoms with E-state index in [-0.39, 0.29) is 18.5 Å². The van der Waals surface area contributed by atoms with E-state index in [4.69, 9.17) is 16.3 Å². The second-order valence-corrected chi connectivity index (χ2v) is 4.67. The van der Waals surface area contributed by atoms with Gasteiger partial charge in [0.1, 0.15) is 0 Å². The Bertz CT molecular complexity index is 410. The highest BCUT2D eigenvalue weighted by Gasteiger charge is 2.07. The number of ether oxygens (including phenoxy) is 1. The van der Waals surface area contributed by atoms with Gasteiger partial charge in [0.05, 0.1) is 13.2 Å². The number of amides is 1. The summed E-state index contributed by atoms with van der Waals surface area (Å²) in [6.07, 6.45) is 0. The summed E-state index contributed by atoms with van der Waals surface area (Å²) in [6.45, 7) is 4.58. The lowest BCUT2D eigenvalue weighted by molar-refractivity contribution is -0.120. The maximum absolute atomic E-state index is 11.6. The van der Waals surface area contributed by atoms with Crippen LogP contribution in [0.15, 0.2) is 18.2 Å². The smallest absolute Gasteiger partial charge is 0.239 e. The molecule has 5 heteroatoms. The van der Waals surface area contributed by atoms with Crippen LogP contribution in [0.1, 0.15) is 12.5 Å². The molecule has 0 unspecified atom stereocenters. The molecule has 0 saturated heterocycles. The number of benzene rings is 1. The van der Waals surface area contributed by atoms with Gasteiger partial charge >= 0.3 is 0 Å². The van der Waals surface area contributed by atoms with Gasteiger partial charge in [-0.3, -0.25) is 4.79 Å². The lowest BCUT2D eigenvalue weighted by Gasteiger charge is -2.14. The molecule has 0 spiro atoms. The largest absolute Gasteiger partial charge is 0.383 e. The second kappa shape index (κ2) is 7.24. The Morgan fingerprint density at radius 3 is 2.83 bits per heavy atom.